The number of nitrogens with zero attached hydrogens (tertiary/aromatic N) is 2. The van der Waals surface area contributed by atoms with Crippen molar-refractivity contribution in [2.75, 3.05) is 27.2 Å². The summed E-state index contributed by atoms with van der Waals surface area (Å²) in [6.07, 6.45) is 0. The molecule has 1 heterocycles. The zero-order valence-electron chi connectivity index (χ0n) is 11.6. The molecule has 0 fully saturated rings. The van der Waals surface area contributed by atoms with E-state index in [4.69, 9.17) is 5.73 Å². The average Bonchev–Trinajstić information content (AvgIpc) is 2.80. The first kappa shape index (κ1) is 15.1. The fourth-order valence-electron chi connectivity index (χ4n) is 1.95. The van der Waals surface area contributed by atoms with Gasteiger partial charge in [0.1, 0.15) is 0 Å². The van der Waals surface area contributed by atoms with Gasteiger partial charge in [0.15, 0.2) is 0 Å². The van der Waals surface area contributed by atoms with Crippen molar-refractivity contribution in [2.24, 2.45) is 5.73 Å². The van der Waals surface area contributed by atoms with E-state index >= 15 is 0 Å². The highest BCUT2D eigenvalue weighted by Crippen LogP contribution is 2.27. The van der Waals surface area contributed by atoms with Crippen LogP contribution in [0.25, 0.3) is 0 Å². The molecule has 0 aromatic carbocycles. The molecule has 0 aliphatic carbocycles. The third-order valence-corrected chi connectivity index (χ3v) is 3.91. The highest BCUT2D eigenvalue weighted by Gasteiger charge is 2.25. The molecule has 1 aromatic heterocycles. The Balaban J connectivity index is 2.85. The summed E-state index contributed by atoms with van der Waals surface area (Å²) in [5.74, 6) is 0.110. The van der Waals surface area contributed by atoms with Crippen molar-refractivity contribution >= 4 is 17.2 Å². The number of carbonyl (C=O) groups is 1. The van der Waals surface area contributed by atoms with Crippen LogP contribution in [-0.2, 0) is 4.79 Å². The summed E-state index contributed by atoms with van der Waals surface area (Å²) in [4.78, 5) is 16.8. The molecule has 0 bridgehead atoms. The number of thiophene rings is 1. The third-order valence-electron chi connectivity index (χ3n) is 2.97. The first-order valence-electron chi connectivity index (χ1n) is 6.20. The first-order chi connectivity index (χ1) is 8.47. The molecule has 18 heavy (non-hydrogen) atoms. The second-order valence-electron chi connectivity index (χ2n) is 4.67. The summed E-state index contributed by atoms with van der Waals surface area (Å²) >= 11 is 1.69. The van der Waals surface area contributed by atoms with Gasteiger partial charge < -0.3 is 10.6 Å². The molecule has 2 atom stereocenters. The Morgan fingerprint density at radius 3 is 2.56 bits per heavy atom. The summed E-state index contributed by atoms with van der Waals surface area (Å²) in [5.41, 5.74) is 6.10. The number of likely N-dealkylation sites (N-methyl/N-ethyl adjacent to an activating group) is 2. The van der Waals surface area contributed by atoms with E-state index in [9.17, 15) is 4.79 Å². The number of hydrogen-bond acceptors (Lipinski definition) is 4. The normalized spacial score (nSPS) is 14.6. The average molecular weight is 269 g/mol. The van der Waals surface area contributed by atoms with Gasteiger partial charge in [-0.05, 0) is 24.9 Å². The van der Waals surface area contributed by atoms with Crippen molar-refractivity contribution in [3.63, 3.8) is 0 Å². The molecular formula is C13H23N3OS. The van der Waals surface area contributed by atoms with Gasteiger partial charge in [0, 0.05) is 25.0 Å². The first-order valence-corrected chi connectivity index (χ1v) is 7.08. The Morgan fingerprint density at radius 2 is 2.17 bits per heavy atom. The standard InChI is InChI=1S/C13H23N3OS/c1-5-16(9-12(17)15(3)4)13(10(2)14)11-7-6-8-18-11/h6-8,10,13H,5,9,14H2,1-4H3. The van der Waals surface area contributed by atoms with Crippen LogP contribution >= 0.6 is 11.3 Å². The van der Waals surface area contributed by atoms with Gasteiger partial charge in [0.05, 0.1) is 12.6 Å². The minimum atomic E-state index is -0.00133. The lowest BCUT2D eigenvalue weighted by molar-refractivity contribution is -0.130. The second-order valence-corrected chi connectivity index (χ2v) is 5.65. The predicted molar refractivity (Wildman–Crippen MR) is 76.7 cm³/mol. The number of rotatable bonds is 6. The van der Waals surface area contributed by atoms with Crippen molar-refractivity contribution in [1.29, 1.82) is 0 Å². The predicted octanol–water partition coefficient (Wildman–Crippen LogP) is 1.55. The Morgan fingerprint density at radius 1 is 1.50 bits per heavy atom. The van der Waals surface area contributed by atoms with Gasteiger partial charge >= 0.3 is 0 Å². The molecule has 0 aliphatic heterocycles. The molecule has 2 N–H and O–H groups in total. The molecule has 0 aliphatic rings. The molecule has 2 unspecified atom stereocenters. The van der Waals surface area contributed by atoms with Crippen LogP contribution in [0.1, 0.15) is 24.8 Å². The second kappa shape index (κ2) is 6.87. The van der Waals surface area contributed by atoms with Crippen LogP contribution in [0.4, 0.5) is 0 Å². The largest absolute Gasteiger partial charge is 0.348 e. The van der Waals surface area contributed by atoms with E-state index in [2.05, 4.69) is 17.9 Å². The van der Waals surface area contributed by atoms with E-state index in [1.807, 2.05) is 18.4 Å². The van der Waals surface area contributed by atoms with Gasteiger partial charge in [-0.15, -0.1) is 11.3 Å². The van der Waals surface area contributed by atoms with Crippen molar-refractivity contribution < 1.29 is 4.79 Å². The van der Waals surface area contributed by atoms with Crippen LogP contribution in [-0.4, -0.2) is 48.9 Å². The summed E-state index contributed by atoms with van der Waals surface area (Å²) in [6.45, 7) is 5.27. The topological polar surface area (TPSA) is 49.6 Å². The molecule has 4 nitrogen and oxygen atoms in total. The lowest BCUT2D eigenvalue weighted by Gasteiger charge is -2.32. The van der Waals surface area contributed by atoms with E-state index in [0.717, 1.165) is 6.54 Å². The summed E-state index contributed by atoms with van der Waals surface area (Å²) < 4.78 is 0. The smallest absolute Gasteiger partial charge is 0.236 e. The van der Waals surface area contributed by atoms with Gasteiger partial charge in [-0.2, -0.15) is 0 Å². The van der Waals surface area contributed by atoms with Crippen LogP contribution in [0.2, 0.25) is 0 Å². The Bertz CT molecular complexity index is 362. The van der Waals surface area contributed by atoms with E-state index in [-0.39, 0.29) is 18.0 Å². The molecule has 0 saturated heterocycles. The minimum Gasteiger partial charge on any atom is -0.348 e. The molecular weight excluding hydrogens is 246 g/mol. The maximum absolute atomic E-state index is 11.9. The van der Waals surface area contributed by atoms with Gasteiger partial charge in [-0.1, -0.05) is 13.0 Å². The summed E-state index contributed by atoms with van der Waals surface area (Å²) in [6, 6.07) is 4.22. The maximum Gasteiger partial charge on any atom is 0.236 e. The van der Waals surface area contributed by atoms with Crippen molar-refractivity contribution in [3.05, 3.63) is 22.4 Å². The van der Waals surface area contributed by atoms with Crippen molar-refractivity contribution in [1.82, 2.24) is 9.80 Å². The lowest BCUT2D eigenvalue weighted by Crippen LogP contribution is -2.44. The zero-order valence-corrected chi connectivity index (χ0v) is 12.4. The summed E-state index contributed by atoms with van der Waals surface area (Å²) in [7, 11) is 3.56. The van der Waals surface area contributed by atoms with Crippen LogP contribution < -0.4 is 5.73 Å². The minimum absolute atomic E-state index is 0.00133. The van der Waals surface area contributed by atoms with Gasteiger partial charge in [-0.25, -0.2) is 0 Å². The summed E-state index contributed by atoms with van der Waals surface area (Å²) in [5, 5.41) is 2.05. The Labute approximate surface area is 113 Å². The van der Waals surface area contributed by atoms with Gasteiger partial charge in [0.25, 0.3) is 0 Å². The van der Waals surface area contributed by atoms with E-state index in [0.29, 0.717) is 6.54 Å². The molecule has 1 amide bonds. The van der Waals surface area contributed by atoms with Gasteiger partial charge in [-0.3, -0.25) is 9.69 Å². The molecule has 5 heteroatoms. The third kappa shape index (κ3) is 3.80. The molecule has 102 valence electrons. The SMILES string of the molecule is CCN(CC(=O)N(C)C)C(c1cccs1)C(C)N. The Hall–Kier alpha value is -0.910. The fourth-order valence-corrected chi connectivity index (χ4v) is 2.93. The highest BCUT2D eigenvalue weighted by molar-refractivity contribution is 7.10. The van der Waals surface area contributed by atoms with Crippen molar-refractivity contribution in [2.45, 2.75) is 25.9 Å². The zero-order chi connectivity index (χ0) is 13.7. The fraction of sp³-hybridized carbons (Fsp3) is 0.615. The number of hydrogen-bond donors (Lipinski definition) is 1. The van der Waals surface area contributed by atoms with Crippen LogP contribution in [0.15, 0.2) is 17.5 Å². The van der Waals surface area contributed by atoms with Crippen LogP contribution in [0.5, 0.6) is 0 Å². The van der Waals surface area contributed by atoms with E-state index in [1.54, 1.807) is 30.3 Å². The van der Waals surface area contributed by atoms with E-state index in [1.165, 1.54) is 4.88 Å². The van der Waals surface area contributed by atoms with Crippen molar-refractivity contribution in [3.8, 4) is 0 Å². The molecule has 0 radical (unpaired) electrons. The number of carbonyl (C=O) groups excluding carboxylic acids is 1. The molecule has 0 spiro atoms. The van der Waals surface area contributed by atoms with Gasteiger partial charge in [0.2, 0.25) is 5.91 Å². The monoisotopic (exact) mass is 269 g/mol. The van der Waals surface area contributed by atoms with Crippen LogP contribution in [0.3, 0.4) is 0 Å². The quantitative estimate of drug-likeness (QED) is 0.852. The van der Waals surface area contributed by atoms with E-state index < -0.39 is 0 Å². The lowest BCUT2D eigenvalue weighted by atomic mass is 10.1. The maximum atomic E-state index is 11.9. The van der Waals surface area contributed by atoms with Crippen LogP contribution in [0, 0.1) is 0 Å². The molecule has 1 rings (SSSR count). The number of amides is 1. The number of nitrogens with two attached hydrogens (primary N) is 1. The highest BCUT2D eigenvalue weighted by atomic mass is 32.1. The molecule has 1 aromatic rings. The Kier molecular flexibility index (Phi) is 5.78. The molecule has 0 saturated carbocycles.